The molecule has 0 bridgehead atoms. The maximum Gasteiger partial charge on any atom is 0.433 e. The Morgan fingerprint density at radius 1 is 1.69 bits per heavy atom. The number of carbonyl (C=O) groups is 1. The van der Waals surface area contributed by atoms with E-state index in [2.05, 4.69) is 16.9 Å². The van der Waals surface area contributed by atoms with Gasteiger partial charge in [0.05, 0.1) is 13.7 Å². The highest BCUT2D eigenvalue weighted by molar-refractivity contribution is 5.65. The van der Waals surface area contributed by atoms with E-state index in [-0.39, 0.29) is 0 Å². The number of methoxy groups -OCH3 is 1. The van der Waals surface area contributed by atoms with Crippen LogP contribution in [0.25, 0.3) is 0 Å². The number of hydrogen-bond donors (Lipinski definition) is 1. The lowest BCUT2D eigenvalue weighted by atomic mass is 9.94. The number of carbonyl (C=O) groups excluding carboxylic acids is 1. The number of hydrogen-bond acceptors (Lipinski definition) is 3. The summed E-state index contributed by atoms with van der Waals surface area (Å²) in [6, 6.07) is 0. The molecular weight excluding hydrogens is 170 g/mol. The van der Waals surface area contributed by atoms with Gasteiger partial charge in [-0.1, -0.05) is 12.2 Å². The summed E-state index contributed by atoms with van der Waals surface area (Å²) < 4.78 is 4.37. The van der Waals surface area contributed by atoms with Crippen LogP contribution in [0.2, 0.25) is 0 Å². The summed E-state index contributed by atoms with van der Waals surface area (Å²) in [5, 5.41) is 9.85. The van der Waals surface area contributed by atoms with Crippen molar-refractivity contribution in [2.45, 2.75) is 19.3 Å². The third-order valence-electron chi connectivity index (χ3n) is 2.19. The van der Waals surface area contributed by atoms with Crippen molar-refractivity contribution in [3.05, 3.63) is 12.2 Å². The Balaban J connectivity index is 2.30. The number of hydroxylamine groups is 2. The Bertz CT molecular complexity index is 203. The fourth-order valence-corrected chi connectivity index (χ4v) is 1.45. The molecule has 1 rings (SSSR count). The van der Waals surface area contributed by atoms with E-state index in [4.69, 9.17) is 0 Å². The molecule has 0 heterocycles. The van der Waals surface area contributed by atoms with Gasteiger partial charge in [0, 0.05) is 0 Å². The molecule has 0 aromatic carbocycles. The number of nitrogens with zero attached hydrogens (tertiary/aromatic N) is 1. The average Bonchev–Trinajstić information content (AvgIpc) is 2.18. The van der Waals surface area contributed by atoms with Crippen LogP contribution in [0.15, 0.2) is 12.2 Å². The Kier molecular flexibility index (Phi) is 3.76. The van der Waals surface area contributed by atoms with Gasteiger partial charge < -0.3 is 4.74 Å². The summed E-state index contributed by atoms with van der Waals surface area (Å²) in [6.07, 6.45) is 6.49. The molecule has 74 valence electrons. The number of allylic oxidation sites excluding steroid dienone is 2. The van der Waals surface area contributed by atoms with Gasteiger partial charge in [-0.25, -0.2) is 4.79 Å². The van der Waals surface area contributed by atoms with Crippen LogP contribution < -0.4 is 0 Å². The minimum absolute atomic E-state index is 0.356. The third kappa shape index (κ3) is 3.06. The Labute approximate surface area is 77.7 Å². The van der Waals surface area contributed by atoms with Crippen molar-refractivity contribution in [3.63, 3.8) is 0 Å². The van der Waals surface area contributed by atoms with E-state index in [9.17, 15) is 10.0 Å². The van der Waals surface area contributed by atoms with Gasteiger partial charge in [0.2, 0.25) is 0 Å². The molecule has 0 fully saturated rings. The second kappa shape index (κ2) is 4.87. The summed E-state index contributed by atoms with van der Waals surface area (Å²) >= 11 is 0. The molecule has 0 aromatic heterocycles. The molecule has 1 amide bonds. The van der Waals surface area contributed by atoms with Crippen molar-refractivity contribution in [1.29, 1.82) is 0 Å². The quantitative estimate of drug-likeness (QED) is 0.405. The van der Waals surface area contributed by atoms with Crippen LogP contribution in [-0.2, 0) is 4.74 Å². The Hall–Kier alpha value is -1.03. The summed E-state index contributed by atoms with van der Waals surface area (Å²) in [4.78, 5) is 10.8. The predicted octanol–water partition coefficient (Wildman–Crippen LogP) is 1.80. The van der Waals surface area contributed by atoms with Gasteiger partial charge in [0.15, 0.2) is 0 Å². The molecule has 0 radical (unpaired) electrons. The zero-order valence-electron chi connectivity index (χ0n) is 7.77. The van der Waals surface area contributed by atoms with E-state index in [1.165, 1.54) is 7.11 Å². The van der Waals surface area contributed by atoms with Crippen molar-refractivity contribution < 1.29 is 14.7 Å². The monoisotopic (exact) mass is 185 g/mol. The van der Waals surface area contributed by atoms with Crippen LogP contribution in [0.1, 0.15) is 19.3 Å². The molecule has 4 nitrogen and oxygen atoms in total. The smallest absolute Gasteiger partial charge is 0.433 e. The SMILES string of the molecule is COC(=O)N(O)CC1CC=CCC1. The van der Waals surface area contributed by atoms with Gasteiger partial charge in [-0.15, -0.1) is 0 Å². The van der Waals surface area contributed by atoms with Gasteiger partial charge in [0.25, 0.3) is 0 Å². The number of rotatable bonds is 2. The van der Waals surface area contributed by atoms with Crippen molar-refractivity contribution in [2.24, 2.45) is 5.92 Å². The van der Waals surface area contributed by atoms with E-state index in [0.29, 0.717) is 17.5 Å². The molecule has 13 heavy (non-hydrogen) atoms. The van der Waals surface area contributed by atoms with E-state index in [0.717, 1.165) is 19.3 Å². The normalized spacial score (nSPS) is 21.2. The molecule has 1 N–H and O–H groups in total. The van der Waals surface area contributed by atoms with Crippen LogP contribution in [0.3, 0.4) is 0 Å². The molecule has 1 atom stereocenters. The maximum absolute atomic E-state index is 10.8. The first-order chi connectivity index (χ1) is 6.24. The molecule has 0 aromatic rings. The van der Waals surface area contributed by atoms with Gasteiger partial charge in [-0.2, -0.15) is 5.06 Å². The van der Waals surface area contributed by atoms with E-state index in [1.54, 1.807) is 0 Å². The molecule has 1 aliphatic rings. The van der Waals surface area contributed by atoms with Crippen molar-refractivity contribution in [2.75, 3.05) is 13.7 Å². The van der Waals surface area contributed by atoms with Crippen molar-refractivity contribution >= 4 is 6.09 Å². The zero-order valence-corrected chi connectivity index (χ0v) is 7.77. The maximum atomic E-state index is 10.8. The second-order valence-corrected chi connectivity index (χ2v) is 3.20. The summed E-state index contributed by atoms with van der Waals surface area (Å²) in [5.41, 5.74) is 0. The minimum Gasteiger partial charge on any atom is -0.451 e. The van der Waals surface area contributed by atoms with E-state index < -0.39 is 6.09 Å². The lowest BCUT2D eigenvalue weighted by molar-refractivity contribution is -0.0790. The molecule has 4 heteroatoms. The van der Waals surface area contributed by atoms with Crippen LogP contribution in [0.5, 0.6) is 0 Å². The van der Waals surface area contributed by atoms with Gasteiger partial charge in [0.1, 0.15) is 0 Å². The fourth-order valence-electron chi connectivity index (χ4n) is 1.45. The summed E-state index contributed by atoms with van der Waals surface area (Å²) in [5.74, 6) is 0.356. The van der Waals surface area contributed by atoms with Crippen molar-refractivity contribution in [1.82, 2.24) is 5.06 Å². The van der Waals surface area contributed by atoms with E-state index in [1.807, 2.05) is 0 Å². The Morgan fingerprint density at radius 2 is 2.46 bits per heavy atom. The second-order valence-electron chi connectivity index (χ2n) is 3.20. The standard InChI is InChI=1S/C9H15NO3/c1-13-9(11)10(12)7-8-5-3-2-4-6-8/h2-3,8,12H,4-7H2,1H3. The molecular formula is C9H15NO3. The van der Waals surface area contributed by atoms with Gasteiger partial charge in [-0.05, 0) is 25.2 Å². The predicted molar refractivity (Wildman–Crippen MR) is 47.4 cm³/mol. The first-order valence-electron chi connectivity index (χ1n) is 4.43. The highest BCUT2D eigenvalue weighted by atomic mass is 16.6. The largest absolute Gasteiger partial charge is 0.451 e. The summed E-state index contributed by atoms with van der Waals surface area (Å²) in [6.45, 7) is 0.358. The molecule has 1 unspecified atom stereocenters. The van der Waals surface area contributed by atoms with Crippen LogP contribution >= 0.6 is 0 Å². The zero-order chi connectivity index (χ0) is 9.68. The minimum atomic E-state index is -0.686. The molecule has 0 saturated carbocycles. The molecule has 1 aliphatic carbocycles. The fraction of sp³-hybridized carbons (Fsp3) is 0.667. The lowest BCUT2D eigenvalue weighted by Crippen LogP contribution is -2.32. The Morgan fingerprint density at radius 3 is 3.00 bits per heavy atom. The molecule has 0 saturated heterocycles. The van der Waals surface area contributed by atoms with Gasteiger partial charge in [-0.3, -0.25) is 5.21 Å². The van der Waals surface area contributed by atoms with Crippen LogP contribution in [-0.4, -0.2) is 30.0 Å². The van der Waals surface area contributed by atoms with Crippen LogP contribution in [0, 0.1) is 5.92 Å². The van der Waals surface area contributed by atoms with Gasteiger partial charge >= 0.3 is 6.09 Å². The third-order valence-corrected chi connectivity index (χ3v) is 2.19. The topological polar surface area (TPSA) is 49.8 Å². The highest BCUT2D eigenvalue weighted by Gasteiger charge is 2.17. The number of ether oxygens (including phenoxy) is 1. The van der Waals surface area contributed by atoms with Crippen molar-refractivity contribution in [3.8, 4) is 0 Å². The van der Waals surface area contributed by atoms with Crippen LogP contribution in [0.4, 0.5) is 4.79 Å². The lowest BCUT2D eigenvalue weighted by Gasteiger charge is -2.21. The first kappa shape index (κ1) is 10.1. The first-order valence-corrected chi connectivity index (χ1v) is 4.43. The molecule has 0 aliphatic heterocycles. The number of amides is 1. The summed E-state index contributed by atoms with van der Waals surface area (Å²) in [7, 11) is 1.26. The van der Waals surface area contributed by atoms with E-state index >= 15 is 0 Å². The average molecular weight is 185 g/mol. The molecule has 0 spiro atoms. The highest BCUT2D eigenvalue weighted by Crippen LogP contribution is 2.18.